The Morgan fingerprint density at radius 2 is 1.70 bits per heavy atom. The maximum Gasteiger partial charge on any atom is 0.148 e. The molecule has 0 aliphatic heterocycles. The van der Waals surface area contributed by atoms with E-state index in [1.165, 1.54) is 0 Å². The second-order valence-corrected chi connectivity index (χ2v) is 5.18. The number of anilines is 1. The Morgan fingerprint density at radius 1 is 1.10 bits per heavy atom. The fourth-order valence-corrected chi connectivity index (χ4v) is 2.37. The van der Waals surface area contributed by atoms with Gasteiger partial charge in [0.1, 0.15) is 5.82 Å². The monoisotopic (exact) mass is 272 g/mol. The average molecular weight is 272 g/mol. The molecule has 1 aromatic heterocycles. The molecule has 20 heavy (non-hydrogen) atoms. The van der Waals surface area contributed by atoms with Crippen molar-refractivity contribution in [3.8, 4) is 0 Å². The number of benzene rings is 1. The minimum Gasteiger partial charge on any atom is -0.365 e. The van der Waals surface area contributed by atoms with Crippen LogP contribution in [0.25, 0.3) is 11.0 Å². The van der Waals surface area contributed by atoms with Crippen LogP contribution in [0.4, 0.5) is 5.82 Å². The standard InChI is InChI=1S/C16H24N4/c1-5-20(6-2)11-12(3)17-16-13(4)18-14-9-7-8-10-15(14)19-16/h7-10,12H,5-6,11H2,1-4H3,(H,17,19). The predicted octanol–water partition coefficient (Wildman–Crippen LogP) is 3.08. The van der Waals surface area contributed by atoms with Crippen LogP contribution < -0.4 is 5.32 Å². The van der Waals surface area contributed by atoms with Crippen LogP contribution in [0.5, 0.6) is 0 Å². The molecule has 0 saturated carbocycles. The van der Waals surface area contributed by atoms with Gasteiger partial charge in [0.2, 0.25) is 0 Å². The van der Waals surface area contributed by atoms with Crippen molar-refractivity contribution in [2.24, 2.45) is 0 Å². The quantitative estimate of drug-likeness (QED) is 0.877. The van der Waals surface area contributed by atoms with E-state index in [9.17, 15) is 0 Å². The number of likely N-dealkylation sites (N-methyl/N-ethyl adjacent to an activating group) is 1. The molecule has 1 atom stereocenters. The maximum absolute atomic E-state index is 4.68. The van der Waals surface area contributed by atoms with Crippen LogP contribution >= 0.6 is 0 Å². The summed E-state index contributed by atoms with van der Waals surface area (Å²) in [7, 11) is 0. The molecule has 0 fully saturated rings. The molecule has 0 radical (unpaired) electrons. The fraction of sp³-hybridized carbons (Fsp3) is 0.500. The number of aromatic nitrogens is 2. The minimum atomic E-state index is 0.351. The molecule has 0 spiro atoms. The van der Waals surface area contributed by atoms with Crippen LogP contribution in [0.2, 0.25) is 0 Å². The van der Waals surface area contributed by atoms with Crippen LogP contribution in [-0.2, 0) is 0 Å². The molecule has 0 saturated heterocycles. The Balaban J connectivity index is 2.14. The van der Waals surface area contributed by atoms with Crippen LogP contribution in [0.1, 0.15) is 26.5 Å². The molecule has 4 heteroatoms. The zero-order valence-electron chi connectivity index (χ0n) is 12.8. The second kappa shape index (κ2) is 6.66. The van der Waals surface area contributed by atoms with Gasteiger partial charge in [-0.3, -0.25) is 0 Å². The number of hydrogen-bond donors (Lipinski definition) is 1. The lowest BCUT2D eigenvalue weighted by atomic mass is 10.2. The molecule has 0 aliphatic carbocycles. The van der Waals surface area contributed by atoms with Crippen molar-refractivity contribution in [3.63, 3.8) is 0 Å². The van der Waals surface area contributed by atoms with Crippen LogP contribution in [0.15, 0.2) is 24.3 Å². The molecular weight excluding hydrogens is 248 g/mol. The summed E-state index contributed by atoms with van der Waals surface area (Å²) in [5.41, 5.74) is 2.85. The summed E-state index contributed by atoms with van der Waals surface area (Å²) >= 11 is 0. The lowest BCUT2D eigenvalue weighted by Gasteiger charge is -2.24. The molecule has 0 amide bonds. The summed E-state index contributed by atoms with van der Waals surface area (Å²) in [4.78, 5) is 11.7. The summed E-state index contributed by atoms with van der Waals surface area (Å²) in [6.45, 7) is 11.7. The first-order valence-electron chi connectivity index (χ1n) is 7.36. The van der Waals surface area contributed by atoms with Gasteiger partial charge >= 0.3 is 0 Å². The van der Waals surface area contributed by atoms with Crippen LogP contribution in [0.3, 0.4) is 0 Å². The highest BCUT2D eigenvalue weighted by Crippen LogP contribution is 2.16. The smallest absolute Gasteiger partial charge is 0.148 e. The van der Waals surface area contributed by atoms with Crippen LogP contribution in [-0.4, -0.2) is 40.5 Å². The molecule has 1 heterocycles. The number of rotatable bonds is 6. The predicted molar refractivity (Wildman–Crippen MR) is 85.1 cm³/mol. The first kappa shape index (κ1) is 14.7. The van der Waals surface area contributed by atoms with E-state index in [1.807, 2.05) is 31.2 Å². The lowest BCUT2D eigenvalue weighted by molar-refractivity contribution is 0.294. The molecule has 4 nitrogen and oxygen atoms in total. The number of fused-ring (bicyclic) bond motifs is 1. The molecule has 1 unspecified atom stereocenters. The van der Waals surface area contributed by atoms with Gasteiger partial charge in [-0.1, -0.05) is 26.0 Å². The van der Waals surface area contributed by atoms with Gasteiger partial charge in [0.15, 0.2) is 0 Å². The molecule has 2 aromatic rings. The van der Waals surface area contributed by atoms with Gasteiger partial charge in [-0.2, -0.15) is 0 Å². The Kier molecular flexibility index (Phi) is 4.90. The summed E-state index contributed by atoms with van der Waals surface area (Å²) in [5, 5.41) is 3.49. The Bertz CT molecular complexity index is 563. The largest absolute Gasteiger partial charge is 0.365 e. The van der Waals surface area contributed by atoms with E-state index in [4.69, 9.17) is 0 Å². The highest BCUT2D eigenvalue weighted by molar-refractivity contribution is 5.76. The Hall–Kier alpha value is -1.68. The fourth-order valence-electron chi connectivity index (χ4n) is 2.37. The summed E-state index contributed by atoms with van der Waals surface area (Å²) < 4.78 is 0. The third kappa shape index (κ3) is 3.45. The van der Waals surface area contributed by atoms with Gasteiger partial charge < -0.3 is 10.2 Å². The second-order valence-electron chi connectivity index (χ2n) is 5.18. The molecule has 2 rings (SSSR count). The SMILES string of the molecule is CCN(CC)CC(C)Nc1nc2ccccc2nc1C. The minimum absolute atomic E-state index is 0.351. The van der Waals surface area contributed by atoms with Gasteiger partial charge in [-0.15, -0.1) is 0 Å². The van der Waals surface area contributed by atoms with E-state index in [0.29, 0.717) is 6.04 Å². The van der Waals surface area contributed by atoms with Crippen molar-refractivity contribution < 1.29 is 0 Å². The van der Waals surface area contributed by atoms with Crippen molar-refractivity contribution in [3.05, 3.63) is 30.0 Å². The number of para-hydroxylation sites is 2. The highest BCUT2D eigenvalue weighted by Gasteiger charge is 2.10. The van der Waals surface area contributed by atoms with E-state index in [2.05, 4.69) is 41.0 Å². The van der Waals surface area contributed by atoms with Crippen molar-refractivity contribution in [2.45, 2.75) is 33.7 Å². The molecule has 1 N–H and O–H groups in total. The summed E-state index contributed by atoms with van der Waals surface area (Å²) in [6, 6.07) is 8.34. The van der Waals surface area contributed by atoms with Gasteiger partial charge in [0.25, 0.3) is 0 Å². The normalized spacial score (nSPS) is 12.8. The summed E-state index contributed by atoms with van der Waals surface area (Å²) in [6.07, 6.45) is 0. The first-order valence-corrected chi connectivity index (χ1v) is 7.36. The van der Waals surface area contributed by atoms with Crippen LogP contribution in [0, 0.1) is 6.92 Å². The zero-order chi connectivity index (χ0) is 14.5. The van der Waals surface area contributed by atoms with E-state index in [0.717, 1.165) is 42.2 Å². The van der Waals surface area contributed by atoms with Gasteiger partial charge in [-0.25, -0.2) is 9.97 Å². The van der Waals surface area contributed by atoms with Crippen molar-refractivity contribution >= 4 is 16.9 Å². The molecule has 108 valence electrons. The van der Waals surface area contributed by atoms with E-state index < -0.39 is 0 Å². The molecular formula is C16H24N4. The van der Waals surface area contributed by atoms with Gasteiger partial charge in [0.05, 0.1) is 16.7 Å². The van der Waals surface area contributed by atoms with E-state index >= 15 is 0 Å². The van der Waals surface area contributed by atoms with Crippen molar-refractivity contribution in [2.75, 3.05) is 25.0 Å². The Labute approximate surface area is 121 Å². The lowest BCUT2D eigenvalue weighted by Crippen LogP contribution is -2.35. The first-order chi connectivity index (χ1) is 9.63. The van der Waals surface area contributed by atoms with Gasteiger partial charge in [-0.05, 0) is 39.1 Å². The maximum atomic E-state index is 4.68. The average Bonchev–Trinajstić information content (AvgIpc) is 2.45. The van der Waals surface area contributed by atoms with E-state index in [-0.39, 0.29) is 0 Å². The van der Waals surface area contributed by atoms with E-state index in [1.54, 1.807) is 0 Å². The van der Waals surface area contributed by atoms with Crippen molar-refractivity contribution in [1.29, 1.82) is 0 Å². The van der Waals surface area contributed by atoms with Crippen molar-refractivity contribution in [1.82, 2.24) is 14.9 Å². The number of nitrogens with one attached hydrogen (secondary N) is 1. The third-order valence-corrected chi connectivity index (χ3v) is 3.55. The highest BCUT2D eigenvalue weighted by atomic mass is 15.2. The molecule has 0 aliphatic rings. The number of hydrogen-bond acceptors (Lipinski definition) is 4. The summed E-state index contributed by atoms with van der Waals surface area (Å²) in [5.74, 6) is 0.892. The topological polar surface area (TPSA) is 41.0 Å². The third-order valence-electron chi connectivity index (χ3n) is 3.55. The Morgan fingerprint density at radius 3 is 2.30 bits per heavy atom. The zero-order valence-corrected chi connectivity index (χ0v) is 12.8. The molecule has 0 bridgehead atoms. The van der Waals surface area contributed by atoms with Gasteiger partial charge in [0, 0.05) is 12.6 Å². The number of nitrogens with zero attached hydrogens (tertiary/aromatic N) is 3. The number of aryl methyl sites for hydroxylation is 1. The molecule has 1 aromatic carbocycles.